The number of cyclic esters (lactones) is 1. The van der Waals surface area contributed by atoms with Gasteiger partial charge in [0.15, 0.2) is 12.1 Å². The van der Waals surface area contributed by atoms with Gasteiger partial charge in [0, 0.05) is 56.6 Å². The summed E-state index contributed by atoms with van der Waals surface area (Å²) in [5.74, 6) is -4.81. The number of aliphatic hydroxyl groups is 3. The molecule has 2 aliphatic heterocycles. The van der Waals surface area contributed by atoms with Crippen LogP contribution in [-0.4, -0.2) is 142 Å². The monoisotopic (exact) mass is 949 g/mol. The van der Waals surface area contributed by atoms with Crippen molar-refractivity contribution in [2.45, 2.75) is 191 Å². The van der Waals surface area contributed by atoms with Gasteiger partial charge in [0.1, 0.15) is 29.8 Å². The van der Waals surface area contributed by atoms with Crippen LogP contribution in [0.3, 0.4) is 0 Å². The van der Waals surface area contributed by atoms with Crippen LogP contribution in [0.15, 0.2) is 40.5 Å². The van der Waals surface area contributed by atoms with Gasteiger partial charge in [-0.15, -0.1) is 5.10 Å². The van der Waals surface area contributed by atoms with E-state index in [1.54, 1.807) is 37.6 Å². The van der Waals surface area contributed by atoms with E-state index < -0.39 is 93.4 Å². The first kappa shape index (κ1) is 53.6. The lowest BCUT2D eigenvalue weighted by Gasteiger charge is -2.47. The molecule has 1 aromatic carbocycles. The van der Waals surface area contributed by atoms with Gasteiger partial charge in [0.2, 0.25) is 10.0 Å². The Balaban J connectivity index is 1.37. The van der Waals surface area contributed by atoms with Gasteiger partial charge < -0.3 is 44.0 Å². The second-order valence-corrected chi connectivity index (χ2v) is 21.1. The van der Waals surface area contributed by atoms with E-state index in [-0.39, 0.29) is 29.9 Å². The van der Waals surface area contributed by atoms with Gasteiger partial charge in [-0.1, -0.05) is 56.6 Å². The normalized spacial score (nSPS) is 35.4. The number of ketones is 1. The Hall–Kier alpha value is -3.40. The molecule has 372 valence electrons. The van der Waals surface area contributed by atoms with Crippen molar-refractivity contribution in [3.63, 3.8) is 0 Å². The molecule has 5 N–H and O–H groups in total. The topological polar surface area (TPSA) is 247 Å². The van der Waals surface area contributed by atoms with Crippen molar-refractivity contribution in [3.05, 3.63) is 41.7 Å². The number of nitrogens with two attached hydrogens (primary N) is 1. The molecule has 3 aliphatic rings. The highest BCUT2D eigenvalue weighted by Gasteiger charge is 2.52. The molecule has 0 spiro atoms. The summed E-state index contributed by atoms with van der Waals surface area (Å²) in [6.45, 7) is 14.8. The number of esters is 1. The van der Waals surface area contributed by atoms with E-state index >= 15 is 0 Å². The van der Waals surface area contributed by atoms with Crippen LogP contribution in [0.5, 0.6) is 0 Å². The fourth-order valence-electron chi connectivity index (χ4n) is 9.96. The Kier molecular flexibility index (Phi) is 18.5. The Morgan fingerprint density at radius 3 is 2.30 bits per heavy atom. The smallest absolute Gasteiger partial charge is 0.316 e. The number of hydrogen-bond acceptors (Lipinski definition) is 16. The number of carbonyl (C=O) groups is 2. The second-order valence-electron chi connectivity index (χ2n) is 19.5. The minimum absolute atomic E-state index is 0.0529. The number of aromatic nitrogens is 3. The van der Waals surface area contributed by atoms with E-state index in [0.717, 1.165) is 43.4 Å². The predicted octanol–water partition coefficient (Wildman–Crippen LogP) is 3.95. The molecule has 3 heterocycles. The number of hydrogen-bond donors (Lipinski definition) is 4. The summed E-state index contributed by atoms with van der Waals surface area (Å²) in [6, 6.07) is 5.99. The number of primary sulfonamides is 1. The van der Waals surface area contributed by atoms with E-state index in [1.165, 1.54) is 33.1 Å². The lowest BCUT2D eigenvalue weighted by Crippen LogP contribution is -2.60. The largest absolute Gasteiger partial charge is 0.459 e. The minimum atomic E-state index is -3.77. The van der Waals surface area contributed by atoms with E-state index in [9.17, 15) is 33.3 Å². The van der Waals surface area contributed by atoms with Crippen LogP contribution in [-0.2, 0) is 62.8 Å². The average molecular weight is 949 g/mol. The zero-order valence-corrected chi connectivity index (χ0v) is 41.4. The first-order valence-corrected chi connectivity index (χ1v) is 25.2. The first-order chi connectivity index (χ1) is 31.0. The third-order valence-corrected chi connectivity index (χ3v) is 15.2. The summed E-state index contributed by atoms with van der Waals surface area (Å²) in [4.78, 5) is 36.5. The number of Topliss-reactive ketones (excluding diaryl/α,β-unsaturated/α-hetero) is 1. The van der Waals surface area contributed by atoms with Crippen molar-refractivity contribution >= 4 is 27.5 Å². The van der Waals surface area contributed by atoms with Gasteiger partial charge in [-0.3, -0.25) is 14.3 Å². The standard InChI is InChI=1S/C47H76N6O12S/c1-11-38-47(8,58)42(56)30(4)39(50-65-35-15-13-12-14-16-35)28(2)26-46(7,61-10)43(31(5)40(54)32(6)44(57)63-38)64-45-41(55)37(25-29(3)62-45)52(9)23-22-34-27-53(51-49-34)24-21-33-17-19-36(20-18-33)66(48,59)60/h17-20,27-32,35,37-38,41-43,45,55-56,58H,11-16,21-26H2,1-10H3,(H2,48,59,60)/b50-39+/t28-,29-,30+,31+,32-,37+,38-,41-,42-,43-,45+,46-,47-/m1/s1. The fourth-order valence-corrected chi connectivity index (χ4v) is 10.5. The highest BCUT2D eigenvalue weighted by molar-refractivity contribution is 7.89. The fraction of sp³-hybridized carbons (Fsp3) is 0.766. The van der Waals surface area contributed by atoms with Crippen molar-refractivity contribution in [2.75, 3.05) is 20.7 Å². The number of rotatable bonds is 14. The molecule has 2 saturated heterocycles. The summed E-state index contributed by atoms with van der Waals surface area (Å²) in [5, 5.41) is 54.4. The molecule has 3 fully saturated rings. The predicted molar refractivity (Wildman–Crippen MR) is 245 cm³/mol. The van der Waals surface area contributed by atoms with Gasteiger partial charge in [0.25, 0.3) is 0 Å². The van der Waals surface area contributed by atoms with E-state index in [1.807, 2.05) is 38.9 Å². The van der Waals surface area contributed by atoms with Crippen LogP contribution in [0.1, 0.15) is 118 Å². The summed E-state index contributed by atoms with van der Waals surface area (Å²) in [7, 11) is -0.342. The molecule has 1 aromatic heterocycles. The van der Waals surface area contributed by atoms with Gasteiger partial charge >= 0.3 is 5.97 Å². The van der Waals surface area contributed by atoms with E-state index in [0.29, 0.717) is 38.1 Å². The summed E-state index contributed by atoms with van der Waals surface area (Å²) < 4.78 is 50.3. The van der Waals surface area contributed by atoms with E-state index in [2.05, 4.69) is 10.3 Å². The van der Waals surface area contributed by atoms with E-state index in [4.69, 9.17) is 34.1 Å². The number of methoxy groups -OCH3 is 1. The van der Waals surface area contributed by atoms with Crippen molar-refractivity contribution in [1.29, 1.82) is 0 Å². The lowest BCUT2D eigenvalue weighted by atomic mass is 9.74. The summed E-state index contributed by atoms with van der Waals surface area (Å²) >= 11 is 0. The van der Waals surface area contributed by atoms with Crippen LogP contribution in [0.4, 0.5) is 0 Å². The number of benzene rings is 1. The molecule has 0 radical (unpaired) electrons. The molecule has 1 saturated carbocycles. The molecular weight excluding hydrogens is 873 g/mol. The molecule has 66 heavy (non-hydrogen) atoms. The minimum Gasteiger partial charge on any atom is -0.459 e. The molecule has 2 aromatic rings. The van der Waals surface area contributed by atoms with Crippen LogP contribution >= 0.6 is 0 Å². The maximum absolute atomic E-state index is 14.4. The van der Waals surface area contributed by atoms with Gasteiger partial charge in [-0.2, -0.15) is 0 Å². The highest BCUT2D eigenvalue weighted by Crippen LogP contribution is 2.39. The number of sulfonamides is 1. The molecule has 13 atom stereocenters. The van der Waals surface area contributed by atoms with Crippen LogP contribution in [0, 0.1) is 23.7 Å². The molecule has 1 aliphatic carbocycles. The van der Waals surface area contributed by atoms with Crippen molar-refractivity contribution in [2.24, 2.45) is 34.0 Å². The second kappa shape index (κ2) is 22.8. The average Bonchev–Trinajstić information content (AvgIpc) is 3.75. The third-order valence-electron chi connectivity index (χ3n) is 14.3. The van der Waals surface area contributed by atoms with Gasteiger partial charge in [-0.25, -0.2) is 13.6 Å². The highest BCUT2D eigenvalue weighted by atomic mass is 32.2. The Morgan fingerprint density at radius 2 is 1.68 bits per heavy atom. The SMILES string of the molecule is CC[C@H]1OC(=O)[C@H](C)C(=O)[C@H](C)[C@@H](O[C@@H]2O[C@H](C)C[C@H](N(C)CCc3cn(CCc4ccc(S(N)(=O)=O)cc4)nn3)[C@H]2O)[C@](C)(OC)C[C@@H](C)/C(=N\OC2CCCCC2)[C@H](C)[C@@H](O)[C@]1(C)O. The zero-order valence-electron chi connectivity index (χ0n) is 40.5. The van der Waals surface area contributed by atoms with Crippen LogP contribution < -0.4 is 5.14 Å². The number of aliphatic hydroxyl groups excluding tert-OH is 2. The zero-order chi connectivity index (χ0) is 48.7. The van der Waals surface area contributed by atoms with Gasteiger partial charge in [-0.05, 0) is 104 Å². The number of nitrogens with zero attached hydrogens (tertiary/aromatic N) is 5. The Labute approximate surface area is 390 Å². The number of ether oxygens (including phenoxy) is 4. The molecule has 5 rings (SSSR count). The van der Waals surface area contributed by atoms with Gasteiger partial charge in [0.05, 0.1) is 40.2 Å². The molecule has 0 unspecified atom stereocenters. The Bertz CT molecular complexity index is 2040. The molecule has 18 nitrogen and oxygen atoms in total. The van der Waals surface area contributed by atoms with Crippen LogP contribution in [0.25, 0.3) is 0 Å². The quantitative estimate of drug-likeness (QED) is 0.119. The third kappa shape index (κ3) is 13.0. The number of aryl methyl sites for hydroxylation is 2. The van der Waals surface area contributed by atoms with Crippen molar-refractivity contribution < 1.29 is 57.1 Å². The number of oxime groups is 1. The van der Waals surface area contributed by atoms with Crippen molar-refractivity contribution in [1.82, 2.24) is 19.9 Å². The number of carbonyl (C=O) groups excluding carboxylic acids is 2. The summed E-state index contributed by atoms with van der Waals surface area (Å²) in [6.07, 6.45) is 2.25. The van der Waals surface area contributed by atoms with Crippen molar-refractivity contribution in [3.8, 4) is 0 Å². The maximum Gasteiger partial charge on any atom is 0.316 e. The Morgan fingerprint density at radius 1 is 1.02 bits per heavy atom. The lowest BCUT2D eigenvalue weighted by molar-refractivity contribution is -0.295. The molecular formula is C47H76N6O12S. The maximum atomic E-state index is 14.4. The molecule has 19 heteroatoms. The summed E-state index contributed by atoms with van der Waals surface area (Å²) in [5.41, 5.74) is -1.03. The molecule has 0 bridgehead atoms. The molecule has 0 amide bonds. The first-order valence-electron chi connectivity index (χ1n) is 23.6. The number of likely N-dealkylation sites (N-methyl/N-ethyl adjacent to an activating group) is 1. The van der Waals surface area contributed by atoms with Crippen LogP contribution in [0.2, 0.25) is 0 Å².